The fraction of sp³-hybridized carbons (Fsp3) is 0.528. The van der Waals surface area contributed by atoms with Gasteiger partial charge in [0.1, 0.15) is 46.0 Å². The van der Waals surface area contributed by atoms with Crippen LogP contribution in [0.2, 0.25) is 54.4 Å². The standard InChI is InChI=1S/C27H40O5Si.C24H33O8P.C15H26O4SSi.C14H24O2Si.C13H18O4.C8H10O2.C6H12F3O6PS.CH4/c1-8-29-25(26(28)30-9-2)20-22-12-14-23(15-13-22)31-19-18-21-10-16-24(17-11-21)32-33(6,7)27(3,4)5;1-4-28-23(24(25)26)17-20-9-13-21(14-10-20)29-16-15-19-7-11-22(12-8-19)30-18-33(27,31-5-2)32-6-3;1-15(2,3)21(5,6)19-14-9-7-13(8-10-14)11-12-18-20(4,16)17;1-14(2,3)17(4,5)16-13-8-6-12(7-9-13)10-11-15;1-3-16-12(13(15)17-4-2)9-10-5-7-11(14)8-6-10;9-6-5-7-1-3-8(10)4-2-7;1-3-13-16(10,14-4-2)5-15-17(11,12)6(7,8)9;/h10-17,25H,8-9,18-20H2,1-7H3;7-14,23H,4-6,15-18H2,1-3H3,(H,25,26);7-10H,11-12H2,1-6H3;6-9,15H,10-11H2,1-5H3;5-8,12,14H,3-4,9H2,1-2H3;1-4,9-10H,5-6H2;3-5H2,1-2H3;1H4/t25-;23-;;;12-;;;/m00..0.../s1. The van der Waals surface area contributed by atoms with E-state index in [4.69, 9.17) is 84.8 Å². The van der Waals surface area contributed by atoms with E-state index in [1.807, 2.05) is 135 Å². The Kier molecular flexibility index (Phi) is 63.7. The van der Waals surface area contributed by atoms with Crippen molar-refractivity contribution >= 4 is 78.3 Å². The Labute approximate surface area is 887 Å². The number of carbonyl (C=O) groups excluding carboxylic acids is 2. The van der Waals surface area contributed by atoms with Gasteiger partial charge < -0.3 is 94.8 Å². The predicted molar refractivity (Wildman–Crippen MR) is 586 cm³/mol. The van der Waals surface area contributed by atoms with Gasteiger partial charge in [-0.3, -0.25) is 17.5 Å². The summed E-state index contributed by atoms with van der Waals surface area (Å²) in [7, 11) is -21.8. The Balaban J connectivity index is 0.000000895. The van der Waals surface area contributed by atoms with Crippen molar-refractivity contribution in [1.82, 2.24) is 0 Å². The topological polar surface area (TPSA) is 412 Å². The lowest BCUT2D eigenvalue weighted by Gasteiger charge is -2.36. The number of carboxylic acid groups (broad SMARTS) is 1. The molecule has 8 rings (SSSR count). The zero-order valence-corrected chi connectivity index (χ0v) is 97.3. The largest absolute Gasteiger partial charge is 0.544 e. The first-order chi connectivity index (χ1) is 69.2. The number of benzene rings is 8. The van der Waals surface area contributed by atoms with Crippen LogP contribution >= 0.6 is 15.2 Å². The van der Waals surface area contributed by atoms with Gasteiger partial charge in [-0.15, -0.1) is 0 Å². The van der Waals surface area contributed by atoms with Crippen LogP contribution in [0.4, 0.5) is 13.2 Å². The van der Waals surface area contributed by atoms with Crippen LogP contribution in [0, 0.1) is 0 Å². The van der Waals surface area contributed by atoms with E-state index in [9.17, 15) is 58.6 Å². The molecular formula is C108H167F3O31P2S2Si3. The quantitative estimate of drug-likeness (QED) is 0.00777. The number of rotatable bonds is 53. The van der Waals surface area contributed by atoms with Crippen molar-refractivity contribution in [3.8, 4) is 46.0 Å². The number of hydrogen-bond donors (Lipinski definition) is 5. The summed E-state index contributed by atoms with van der Waals surface area (Å²) in [5, 5.41) is 45.2. The number of phenolic OH excluding ortho intramolecular Hbond substituents is 2. The average molecular weight is 2230 g/mol. The summed E-state index contributed by atoms with van der Waals surface area (Å²) in [5.41, 5.74) is 2.73. The number of carboxylic acids is 1. The van der Waals surface area contributed by atoms with Gasteiger partial charge in [0.25, 0.3) is 10.1 Å². The van der Waals surface area contributed by atoms with Crippen molar-refractivity contribution in [2.45, 2.75) is 262 Å². The van der Waals surface area contributed by atoms with E-state index in [1.54, 1.807) is 83.1 Å². The Morgan fingerprint density at radius 3 is 0.852 bits per heavy atom. The van der Waals surface area contributed by atoms with E-state index >= 15 is 0 Å². The second-order valence-electron chi connectivity index (χ2n) is 37.8. The molecule has 0 radical (unpaired) electrons. The van der Waals surface area contributed by atoms with Crippen molar-refractivity contribution in [3.05, 3.63) is 239 Å². The van der Waals surface area contributed by atoms with E-state index in [-0.39, 0.29) is 85.4 Å². The molecule has 0 saturated heterocycles. The lowest BCUT2D eigenvalue weighted by atomic mass is 10.1. The second kappa shape index (κ2) is 68.9. The highest BCUT2D eigenvalue weighted by atomic mass is 32.2. The summed E-state index contributed by atoms with van der Waals surface area (Å²) in [5.74, 6) is 3.70. The predicted octanol–water partition coefficient (Wildman–Crippen LogP) is 23.9. The summed E-state index contributed by atoms with van der Waals surface area (Å²) in [4.78, 5) is 34.9. The van der Waals surface area contributed by atoms with Gasteiger partial charge in [0.15, 0.2) is 31.0 Å². The molecule has 5 N–H and O–H groups in total. The van der Waals surface area contributed by atoms with Crippen molar-refractivity contribution < 1.29 is 157 Å². The van der Waals surface area contributed by atoms with Crippen LogP contribution in [0.3, 0.4) is 0 Å². The van der Waals surface area contributed by atoms with Crippen molar-refractivity contribution in [2.24, 2.45) is 0 Å². The molecule has 8 aromatic carbocycles. The molecule has 0 amide bonds. The number of alkyl halides is 3. The molecule has 0 heterocycles. The molecule has 0 aliphatic heterocycles. The zero-order chi connectivity index (χ0) is 112. The van der Waals surface area contributed by atoms with Crippen molar-refractivity contribution in [3.63, 3.8) is 0 Å². The first kappa shape index (κ1) is 138. The molecule has 0 aliphatic rings. The number of halogens is 3. The van der Waals surface area contributed by atoms with Crippen molar-refractivity contribution in [2.75, 3.05) is 111 Å². The number of carbonyl (C=O) groups is 3. The number of phenols is 2. The zero-order valence-electron chi connectivity index (χ0n) is 90.9. The van der Waals surface area contributed by atoms with Gasteiger partial charge in [0.2, 0.25) is 25.0 Å². The van der Waals surface area contributed by atoms with Crippen LogP contribution in [0.5, 0.6) is 46.0 Å². The summed E-state index contributed by atoms with van der Waals surface area (Å²) >= 11 is 0. The normalized spacial score (nSPS) is 12.5. The van der Waals surface area contributed by atoms with E-state index < -0.39 is 96.5 Å². The molecule has 0 fully saturated rings. The first-order valence-corrected chi connectivity index (χ1v) is 64.8. The number of ether oxygens (including phenoxy) is 8. The summed E-state index contributed by atoms with van der Waals surface area (Å²) in [6.07, 6.45) is 2.29. The van der Waals surface area contributed by atoms with Crippen molar-refractivity contribution in [1.29, 1.82) is 0 Å². The van der Waals surface area contributed by atoms with Gasteiger partial charge in [-0.25, -0.2) is 14.4 Å². The maximum Gasteiger partial charge on any atom is 0.523 e. The maximum absolute atomic E-state index is 12.4. The third kappa shape index (κ3) is 56.4. The molecule has 41 heteroatoms. The molecule has 3 atom stereocenters. The monoisotopic (exact) mass is 2230 g/mol. The highest BCUT2D eigenvalue weighted by Gasteiger charge is 2.49. The minimum Gasteiger partial charge on any atom is -0.544 e. The van der Waals surface area contributed by atoms with E-state index in [0.717, 1.165) is 74.6 Å². The number of aliphatic carboxylic acids is 1. The molecule has 0 aromatic heterocycles. The van der Waals surface area contributed by atoms with Gasteiger partial charge in [0.05, 0.1) is 65.7 Å². The molecule has 0 spiro atoms. The second-order valence-corrected chi connectivity index (χ2v) is 59.2. The number of hydrogen-bond acceptors (Lipinski definition) is 30. The van der Waals surface area contributed by atoms with Crippen LogP contribution in [-0.2, 0) is 145 Å². The fourth-order valence-corrected chi connectivity index (χ4v) is 18.9. The Bertz CT molecular complexity index is 5370. The van der Waals surface area contributed by atoms with E-state index in [2.05, 4.69) is 139 Å². The summed E-state index contributed by atoms with van der Waals surface area (Å²) in [6.45, 7) is 52.8. The summed E-state index contributed by atoms with van der Waals surface area (Å²) in [6, 6.07) is 60.3. The van der Waals surface area contributed by atoms with Gasteiger partial charge in [-0.1, -0.05) is 167 Å². The molecule has 31 nitrogen and oxygen atoms in total. The van der Waals surface area contributed by atoms with E-state index in [0.29, 0.717) is 116 Å². The number of esters is 2. The van der Waals surface area contributed by atoms with E-state index in [1.165, 1.54) is 19.4 Å². The van der Waals surface area contributed by atoms with Gasteiger partial charge in [-0.2, -0.15) is 30.0 Å². The number of aliphatic hydroxyl groups is 2. The van der Waals surface area contributed by atoms with Gasteiger partial charge in [-0.05, 0) is 278 Å². The molecule has 8 aromatic rings. The lowest BCUT2D eigenvalue weighted by Crippen LogP contribution is -2.43. The number of aromatic hydroxyl groups is 2. The molecule has 0 saturated carbocycles. The molecule has 840 valence electrons. The highest BCUT2D eigenvalue weighted by Crippen LogP contribution is 2.50. The Morgan fingerprint density at radius 1 is 0.342 bits per heavy atom. The Hall–Kier alpha value is -9.07. The van der Waals surface area contributed by atoms with Crippen LogP contribution in [0.25, 0.3) is 0 Å². The SMILES string of the molecule is C.CC(C)(C)[Si](C)(C)Oc1ccc(CCO)cc1.CC(C)(C)[Si](C)(C)Oc1ccc(CCOS(C)(=O)=O)cc1.CCOC(=O)[C@H](Cc1ccc(O)cc1)OCC.CCOC(=O)[C@H](Cc1ccc(OCCc2ccc(O[Si](C)(C)C(C)(C)C)cc2)cc1)OCC.CCOP(=O)(COS(=O)(=O)C(F)(F)F)OCC.CCO[C@@H](Cc1ccc(OCCc2ccc(OCP(=O)(OCC)OCC)cc2)cc1)C(=O)O.OCCc1ccc(O)cc1. The molecular weight excluding hydrogens is 2060 g/mol. The third-order valence-corrected chi connectivity index (χ3v) is 41.2. The lowest BCUT2D eigenvalue weighted by molar-refractivity contribution is -0.157. The van der Waals surface area contributed by atoms with Crippen LogP contribution in [0.1, 0.15) is 177 Å². The summed E-state index contributed by atoms with van der Waals surface area (Å²) < 4.78 is 193. The van der Waals surface area contributed by atoms with Gasteiger partial charge >= 0.3 is 48.7 Å². The Morgan fingerprint density at radius 2 is 0.591 bits per heavy atom. The third-order valence-electron chi connectivity index (χ3n) is 22.8. The molecule has 0 unspecified atom stereocenters. The van der Waals surface area contributed by atoms with Gasteiger partial charge in [0, 0.05) is 65.1 Å². The molecule has 0 bridgehead atoms. The molecule has 149 heavy (non-hydrogen) atoms. The average Bonchev–Trinajstić information content (AvgIpc) is 0.833. The number of aliphatic hydroxyl groups excluding tert-OH is 2. The fourth-order valence-electron chi connectivity index (χ4n) is 11.9. The van der Waals surface area contributed by atoms with Crippen LogP contribution < -0.4 is 27.5 Å². The van der Waals surface area contributed by atoms with Crippen LogP contribution in [-0.4, -0.2) is 220 Å². The minimum atomic E-state index is -5.80. The smallest absolute Gasteiger partial charge is 0.523 e. The first-order valence-electron chi connectivity index (χ1n) is 49.4. The van der Waals surface area contributed by atoms with Crippen LogP contribution in [0.15, 0.2) is 194 Å². The maximum atomic E-state index is 12.4. The minimum absolute atomic E-state index is 0. The highest BCUT2D eigenvalue weighted by molar-refractivity contribution is 7.87. The molecule has 0 aliphatic carbocycles.